The van der Waals surface area contributed by atoms with Gasteiger partial charge in [-0.05, 0) is 30.4 Å². The standard InChI is InChI=1S/C16H24N2O5S/c1-24(21,22)18-6-4-10(5-7-18)14-8-12-11(15(9-17)23-14)2-3-13(19)16(12)20/h2-3,10,14-15,19-20H,4-9,17H2,1H3/t14-,15-/m0/s1. The highest BCUT2D eigenvalue weighted by atomic mass is 32.2. The Morgan fingerprint density at radius 1 is 1.29 bits per heavy atom. The predicted molar refractivity (Wildman–Crippen MR) is 89.3 cm³/mol. The number of ether oxygens (including phenoxy) is 1. The molecular formula is C16H24N2O5S. The van der Waals surface area contributed by atoms with Crippen LogP contribution in [0, 0.1) is 5.92 Å². The van der Waals surface area contributed by atoms with Crippen LogP contribution in [0.25, 0.3) is 0 Å². The van der Waals surface area contributed by atoms with E-state index < -0.39 is 10.0 Å². The molecule has 0 aliphatic carbocycles. The van der Waals surface area contributed by atoms with E-state index in [1.54, 1.807) is 6.07 Å². The summed E-state index contributed by atoms with van der Waals surface area (Å²) in [4.78, 5) is 0. The van der Waals surface area contributed by atoms with Gasteiger partial charge < -0.3 is 20.7 Å². The first kappa shape index (κ1) is 17.5. The summed E-state index contributed by atoms with van der Waals surface area (Å²) in [5.41, 5.74) is 7.32. The van der Waals surface area contributed by atoms with Crippen LogP contribution in [0.4, 0.5) is 0 Å². The van der Waals surface area contributed by atoms with Crippen molar-refractivity contribution in [3.63, 3.8) is 0 Å². The minimum atomic E-state index is -3.16. The van der Waals surface area contributed by atoms with Crippen LogP contribution in [-0.2, 0) is 21.2 Å². The van der Waals surface area contributed by atoms with Crippen LogP contribution >= 0.6 is 0 Å². The number of aromatic hydroxyl groups is 2. The van der Waals surface area contributed by atoms with E-state index in [4.69, 9.17) is 10.5 Å². The number of sulfonamides is 1. The molecule has 0 bridgehead atoms. The van der Waals surface area contributed by atoms with E-state index in [0.29, 0.717) is 37.9 Å². The summed E-state index contributed by atoms with van der Waals surface area (Å²) in [6, 6.07) is 3.19. The molecule has 0 aromatic heterocycles. The molecule has 1 aromatic carbocycles. The van der Waals surface area contributed by atoms with Gasteiger partial charge in [-0.1, -0.05) is 6.07 Å². The van der Waals surface area contributed by atoms with Crippen molar-refractivity contribution in [2.75, 3.05) is 25.9 Å². The zero-order valence-electron chi connectivity index (χ0n) is 13.7. The number of phenolic OH excluding ortho intramolecular Hbond substituents is 2. The fourth-order valence-corrected chi connectivity index (χ4v) is 4.60. The average molecular weight is 356 g/mol. The van der Waals surface area contributed by atoms with E-state index >= 15 is 0 Å². The molecule has 1 aromatic rings. The largest absolute Gasteiger partial charge is 0.504 e. The summed E-state index contributed by atoms with van der Waals surface area (Å²) >= 11 is 0. The lowest BCUT2D eigenvalue weighted by Crippen LogP contribution is -2.43. The number of hydrogen-bond acceptors (Lipinski definition) is 6. The molecule has 0 unspecified atom stereocenters. The molecule has 1 fully saturated rings. The van der Waals surface area contributed by atoms with Crippen molar-refractivity contribution >= 4 is 10.0 Å². The van der Waals surface area contributed by atoms with Crippen molar-refractivity contribution in [3.8, 4) is 11.5 Å². The van der Waals surface area contributed by atoms with Gasteiger partial charge in [-0.15, -0.1) is 0 Å². The molecule has 1 saturated heterocycles. The normalized spacial score (nSPS) is 26.2. The van der Waals surface area contributed by atoms with Crippen LogP contribution in [0.2, 0.25) is 0 Å². The van der Waals surface area contributed by atoms with Gasteiger partial charge >= 0.3 is 0 Å². The fourth-order valence-electron chi connectivity index (χ4n) is 3.73. The number of fused-ring (bicyclic) bond motifs is 1. The van der Waals surface area contributed by atoms with Gasteiger partial charge in [-0.25, -0.2) is 12.7 Å². The van der Waals surface area contributed by atoms with Gasteiger partial charge in [0.2, 0.25) is 10.0 Å². The summed E-state index contributed by atoms with van der Waals surface area (Å²) in [6.45, 7) is 1.25. The number of benzene rings is 1. The monoisotopic (exact) mass is 356 g/mol. The zero-order valence-corrected chi connectivity index (χ0v) is 14.5. The van der Waals surface area contributed by atoms with Gasteiger partial charge in [-0.3, -0.25) is 0 Å². The molecule has 2 aliphatic heterocycles. The first-order chi connectivity index (χ1) is 11.3. The van der Waals surface area contributed by atoms with Crippen LogP contribution in [0.1, 0.15) is 30.1 Å². The first-order valence-corrected chi connectivity index (χ1v) is 10.0. The third kappa shape index (κ3) is 3.23. The van der Waals surface area contributed by atoms with Crippen molar-refractivity contribution < 1.29 is 23.4 Å². The van der Waals surface area contributed by atoms with Crippen LogP contribution < -0.4 is 5.73 Å². The molecule has 0 saturated carbocycles. The molecule has 0 amide bonds. The molecule has 2 atom stereocenters. The molecular weight excluding hydrogens is 332 g/mol. The maximum Gasteiger partial charge on any atom is 0.211 e. The van der Waals surface area contributed by atoms with Gasteiger partial charge in [-0.2, -0.15) is 0 Å². The Kier molecular flexibility index (Phi) is 4.74. The van der Waals surface area contributed by atoms with Crippen molar-refractivity contribution in [1.29, 1.82) is 0 Å². The van der Waals surface area contributed by atoms with Crippen molar-refractivity contribution in [3.05, 3.63) is 23.3 Å². The highest BCUT2D eigenvalue weighted by molar-refractivity contribution is 7.88. The maximum absolute atomic E-state index is 11.6. The van der Waals surface area contributed by atoms with Crippen molar-refractivity contribution in [1.82, 2.24) is 4.31 Å². The molecule has 0 radical (unpaired) electrons. The van der Waals surface area contributed by atoms with Gasteiger partial charge in [0.15, 0.2) is 11.5 Å². The third-order valence-corrected chi connectivity index (χ3v) is 6.40. The van der Waals surface area contributed by atoms with E-state index in [1.807, 2.05) is 0 Å². The molecule has 8 heteroatoms. The number of hydrogen-bond donors (Lipinski definition) is 3. The van der Waals surface area contributed by atoms with E-state index in [9.17, 15) is 18.6 Å². The highest BCUT2D eigenvalue weighted by Gasteiger charge is 2.36. The zero-order chi connectivity index (χ0) is 17.5. The summed E-state index contributed by atoms with van der Waals surface area (Å²) in [5.74, 6) is -0.0446. The molecule has 134 valence electrons. The molecule has 3 rings (SSSR count). The van der Waals surface area contributed by atoms with E-state index in [1.165, 1.54) is 16.6 Å². The Bertz CT molecular complexity index is 713. The average Bonchev–Trinajstić information content (AvgIpc) is 2.56. The predicted octanol–water partition coefficient (Wildman–Crippen LogP) is 0.710. The molecule has 4 N–H and O–H groups in total. The topological polar surface area (TPSA) is 113 Å². The summed E-state index contributed by atoms with van der Waals surface area (Å²) in [7, 11) is -3.16. The summed E-state index contributed by atoms with van der Waals surface area (Å²) < 4.78 is 30.9. The van der Waals surface area contributed by atoms with Crippen LogP contribution in [0.5, 0.6) is 11.5 Å². The Hall–Kier alpha value is -1.35. The van der Waals surface area contributed by atoms with Crippen molar-refractivity contribution in [2.45, 2.75) is 31.5 Å². The lowest BCUT2D eigenvalue weighted by Gasteiger charge is -2.39. The first-order valence-electron chi connectivity index (χ1n) is 8.15. The summed E-state index contributed by atoms with van der Waals surface area (Å²) in [6.07, 6.45) is 2.69. The quantitative estimate of drug-likeness (QED) is 0.688. The second-order valence-corrected chi connectivity index (χ2v) is 8.59. The number of phenols is 2. The minimum absolute atomic E-state index is 0.104. The second-order valence-electron chi connectivity index (χ2n) is 6.60. The Balaban J connectivity index is 1.78. The number of nitrogens with zero attached hydrogens (tertiary/aromatic N) is 1. The Labute approximate surface area is 142 Å². The molecule has 2 aliphatic rings. The van der Waals surface area contributed by atoms with Crippen LogP contribution in [0.15, 0.2) is 12.1 Å². The highest BCUT2D eigenvalue weighted by Crippen LogP contribution is 2.42. The van der Waals surface area contributed by atoms with Crippen LogP contribution in [-0.4, -0.2) is 54.9 Å². The Morgan fingerprint density at radius 3 is 2.54 bits per heavy atom. The van der Waals surface area contributed by atoms with Gasteiger partial charge in [0.05, 0.1) is 18.5 Å². The Morgan fingerprint density at radius 2 is 1.96 bits per heavy atom. The lowest BCUT2D eigenvalue weighted by molar-refractivity contribution is -0.0612. The fraction of sp³-hybridized carbons (Fsp3) is 0.625. The number of piperidine rings is 1. The molecule has 24 heavy (non-hydrogen) atoms. The number of rotatable bonds is 3. The van der Waals surface area contributed by atoms with Crippen LogP contribution in [0.3, 0.4) is 0 Å². The van der Waals surface area contributed by atoms with Gasteiger partial charge in [0, 0.05) is 31.6 Å². The maximum atomic E-state index is 11.6. The molecule has 7 nitrogen and oxygen atoms in total. The second kappa shape index (κ2) is 6.51. The third-order valence-electron chi connectivity index (χ3n) is 5.10. The van der Waals surface area contributed by atoms with E-state index in [0.717, 1.165) is 5.56 Å². The molecule has 0 spiro atoms. The summed E-state index contributed by atoms with van der Waals surface area (Å²) in [5, 5.41) is 19.9. The van der Waals surface area contributed by atoms with E-state index in [-0.39, 0.29) is 36.2 Å². The van der Waals surface area contributed by atoms with Crippen molar-refractivity contribution in [2.24, 2.45) is 11.7 Å². The smallest absolute Gasteiger partial charge is 0.211 e. The SMILES string of the molecule is CS(=O)(=O)N1CCC([C@@H]2Cc3c(ccc(O)c3O)[C@H](CN)O2)CC1. The van der Waals surface area contributed by atoms with Gasteiger partial charge in [0.1, 0.15) is 0 Å². The minimum Gasteiger partial charge on any atom is -0.504 e. The van der Waals surface area contributed by atoms with E-state index in [2.05, 4.69) is 0 Å². The lowest BCUT2D eigenvalue weighted by atomic mass is 9.84. The molecule has 2 heterocycles. The van der Waals surface area contributed by atoms with Gasteiger partial charge in [0.25, 0.3) is 0 Å². The number of nitrogens with two attached hydrogens (primary N) is 1.